The molecule has 4 rings (SSSR count). The first-order valence-corrected chi connectivity index (χ1v) is 8.38. The van der Waals surface area contributed by atoms with E-state index in [0.717, 1.165) is 36.2 Å². The van der Waals surface area contributed by atoms with Crippen LogP contribution in [0.5, 0.6) is 0 Å². The molecule has 25 heavy (non-hydrogen) atoms. The number of carbonyl (C=O) groups is 2. The zero-order valence-electron chi connectivity index (χ0n) is 14.0. The molecule has 3 heterocycles. The van der Waals surface area contributed by atoms with E-state index in [1.807, 2.05) is 24.3 Å². The third-order valence-electron chi connectivity index (χ3n) is 5.20. The predicted octanol–water partition coefficient (Wildman–Crippen LogP) is 1.68. The zero-order chi connectivity index (χ0) is 17.4. The molecule has 1 saturated heterocycles. The monoisotopic (exact) mass is 340 g/mol. The van der Waals surface area contributed by atoms with Crippen LogP contribution in [0.25, 0.3) is 0 Å². The first-order chi connectivity index (χ1) is 12.1. The summed E-state index contributed by atoms with van der Waals surface area (Å²) in [4.78, 5) is 26.8. The zero-order valence-corrected chi connectivity index (χ0v) is 14.0. The molecule has 0 radical (unpaired) electrons. The van der Waals surface area contributed by atoms with Gasteiger partial charge in [0.05, 0.1) is 18.7 Å². The van der Waals surface area contributed by atoms with Gasteiger partial charge in [0.1, 0.15) is 5.69 Å². The summed E-state index contributed by atoms with van der Waals surface area (Å²) in [7, 11) is 1.35. The van der Waals surface area contributed by atoms with Crippen molar-refractivity contribution in [3.05, 3.63) is 47.3 Å². The van der Waals surface area contributed by atoms with E-state index in [-0.39, 0.29) is 5.91 Å². The Morgan fingerprint density at radius 3 is 3.08 bits per heavy atom. The molecule has 1 aromatic heterocycles. The van der Waals surface area contributed by atoms with E-state index in [1.165, 1.54) is 7.11 Å². The van der Waals surface area contributed by atoms with Crippen LogP contribution < -0.4 is 5.32 Å². The highest BCUT2D eigenvalue weighted by atomic mass is 16.5. The standard InChI is InChI=1S/C18H20N4O3/c1-25-16(23)15-12(9-19-21-15)10-22-8-4-7-18(11-22)13-5-2-3-6-14(13)20-17(18)24/h2-3,5-6,9H,4,7-8,10-11H2,1H3,(H,19,21)(H,20,24). The molecule has 0 bridgehead atoms. The van der Waals surface area contributed by atoms with Gasteiger partial charge in [0.2, 0.25) is 5.91 Å². The molecule has 2 N–H and O–H groups in total. The van der Waals surface area contributed by atoms with Crippen molar-refractivity contribution in [1.29, 1.82) is 0 Å². The Labute approximate surface area is 145 Å². The molecule has 0 aliphatic carbocycles. The molecule has 1 spiro atoms. The minimum Gasteiger partial charge on any atom is -0.464 e. The van der Waals surface area contributed by atoms with Crippen molar-refractivity contribution in [2.45, 2.75) is 24.8 Å². The van der Waals surface area contributed by atoms with Crippen LogP contribution in [0.4, 0.5) is 5.69 Å². The van der Waals surface area contributed by atoms with E-state index in [2.05, 4.69) is 20.4 Å². The van der Waals surface area contributed by atoms with Crippen molar-refractivity contribution < 1.29 is 14.3 Å². The highest BCUT2D eigenvalue weighted by molar-refractivity contribution is 6.06. The average molecular weight is 340 g/mol. The summed E-state index contributed by atoms with van der Waals surface area (Å²) in [5.74, 6) is -0.359. The van der Waals surface area contributed by atoms with Gasteiger partial charge < -0.3 is 10.1 Å². The third kappa shape index (κ3) is 2.51. The normalized spacial score (nSPS) is 22.7. The number of amides is 1. The predicted molar refractivity (Wildman–Crippen MR) is 91.2 cm³/mol. The van der Waals surface area contributed by atoms with Crippen molar-refractivity contribution in [3.63, 3.8) is 0 Å². The lowest BCUT2D eigenvalue weighted by Crippen LogP contribution is -2.49. The quantitative estimate of drug-likeness (QED) is 0.830. The molecule has 7 heteroatoms. The fourth-order valence-electron chi connectivity index (χ4n) is 4.01. The van der Waals surface area contributed by atoms with Crippen molar-refractivity contribution >= 4 is 17.6 Å². The van der Waals surface area contributed by atoms with E-state index >= 15 is 0 Å². The van der Waals surface area contributed by atoms with Crippen molar-refractivity contribution in [3.8, 4) is 0 Å². The van der Waals surface area contributed by atoms with Crippen LogP contribution in [0.3, 0.4) is 0 Å². The van der Waals surface area contributed by atoms with Gasteiger partial charge in [-0.25, -0.2) is 4.79 Å². The Kier molecular flexibility index (Phi) is 3.80. The summed E-state index contributed by atoms with van der Waals surface area (Å²) < 4.78 is 4.79. The number of nitrogens with one attached hydrogen (secondary N) is 2. The summed E-state index contributed by atoms with van der Waals surface area (Å²) in [6, 6.07) is 7.90. The first-order valence-electron chi connectivity index (χ1n) is 8.38. The molecule has 1 fully saturated rings. The number of benzene rings is 1. The van der Waals surface area contributed by atoms with Crippen molar-refractivity contribution in [1.82, 2.24) is 15.1 Å². The van der Waals surface area contributed by atoms with Gasteiger partial charge in [-0.3, -0.25) is 14.8 Å². The lowest BCUT2D eigenvalue weighted by Gasteiger charge is -2.39. The number of ether oxygens (including phenoxy) is 1. The van der Waals surface area contributed by atoms with Gasteiger partial charge in [0.25, 0.3) is 0 Å². The van der Waals surface area contributed by atoms with Crippen LogP contribution in [0.1, 0.15) is 34.5 Å². The Morgan fingerprint density at radius 1 is 1.40 bits per heavy atom. The number of piperidine rings is 1. The van der Waals surface area contributed by atoms with Gasteiger partial charge in [0, 0.05) is 24.3 Å². The smallest absolute Gasteiger partial charge is 0.356 e. The van der Waals surface area contributed by atoms with Gasteiger partial charge in [0.15, 0.2) is 0 Å². The molecule has 0 saturated carbocycles. The Bertz CT molecular complexity index is 831. The number of hydrogen-bond donors (Lipinski definition) is 2. The number of hydrogen-bond acceptors (Lipinski definition) is 5. The van der Waals surface area contributed by atoms with E-state index in [0.29, 0.717) is 18.8 Å². The molecule has 2 aromatic rings. The van der Waals surface area contributed by atoms with E-state index in [1.54, 1.807) is 6.20 Å². The Morgan fingerprint density at radius 2 is 2.24 bits per heavy atom. The lowest BCUT2D eigenvalue weighted by molar-refractivity contribution is -0.122. The maximum absolute atomic E-state index is 12.7. The molecule has 1 amide bonds. The van der Waals surface area contributed by atoms with Crippen molar-refractivity contribution in [2.24, 2.45) is 0 Å². The topological polar surface area (TPSA) is 87.3 Å². The second-order valence-electron chi connectivity index (χ2n) is 6.66. The van der Waals surface area contributed by atoms with Gasteiger partial charge >= 0.3 is 5.97 Å². The number of H-pyrrole nitrogens is 1. The highest BCUT2D eigenvalue weighted by Gasteiger charge is 2.48. The second-order valence-corrected chi connectivity index (χ2v) is 6.66. The number of carbonyl (C=O) groups excluding carboxylic acids is 2. The largest absolute Gasteiger partial charge is 0.464 e. The maximum atomic E-state index is 12.7. The van der Waals surface area contributed by atoms with E-state index in [4.69, 9.17) is 4.74 Å². The van der Waals surface area contributed by atoms with Crippen LogP contribution in [-0.4, -0.2) is 47.2 Å². The fraction of sp³-hybridized carbons (Fsp3) is 0.389. The summed E-state index contributed by atoms with van der Waals surface area (Å²) in [6.45, 7) is 2.06. The maximum Gasteiger partial charge on any atom is 0.356 e. The van der Waals surface area contributed by atoms with Crippen LogP contribution in [-0.2, 0) is 21.5 Å². The molecule has 2 aliphatic rings. The van der Waals surface area contributed by atoms with Gasteiger partial charge in [-0.1, -0.05) is 18.2 Å². The average Bonchev–Trinajstić information content (AvgIpc) is 3.19. The van der Waals surface area contributed by atoms with Crippen LogP contribution in [0.15, 0.2) is 30.5 Å². The molecule has 2 aliphatic heterocycles. The number of anilines is 1. The Balaban J connectivity index is 1.60. The number of nitrogens with zero attached hydrogens (tertiary/aromatic N) is 2. The number of para-hydroxylation sites is 1. The first kappa shape index (κ1) is 15.8. The fourth-order valence-corrected chi connectivity index (χ4v) is 4.01. The number of rotatable bonds is 3. The van der Waals surface area contributed by atoms with E-state index in [9.17, 15) is 9.59 Å². The third-order valence-corrected chi connectivity index (χ3v) is 5.20. The molecular formula is C18H20N4O3. The van der Waals surface area contributed by atoms with Gasteiger partial charge in [-0.15, -0.1) is 0 Å². The van der Waals surface area contributed by atoms with E-state index < -0.39 is 11.4 Å². The highest BCUT2D eigenvalue weighted by Crippen LogP contribution is 2.43. The summed E-state index contributed by atoms with van der Waals surface area (Å²) >= 11 is 0. The van der Waals surface area contributed by atoms with Crippen LogP contribution in [0.2, 0.25) is 0 Å². The molecule has 1 unspecified atom stereocenters. The van der Waals surface area contributed by atoms with Gasteiger partial charge in [-0.05, 0) is 31.0 Å². The number of methoxy groups -OCH3 is 1. The Hall–Kier alpha value is -2.67. The van der Waals surface area contributed by atoms with Crippen molar-refractivity contribution in [2.75, 3.05) is 25.5 Å². The number of aromatic nitrogens is 2. The van der Waals surface area contributed by atoms with Crippen LogP contribution in [0, 0.1) is 0 Å². The second kappa shape index (κ2) is 6.00. The minimum atomic E-state index is -0.510. The molecule has 1 atom stereocenters. The minimum absolute atomic E-state index is 0.0683. The number of aromatic amines is 1. The summed E-state index contributed by atoms with van der Waals surface area (Å²) in [5, 5.41) is 9.68. The number of fused-ring (bicyclic) bond motifs is 2. The SMILES string of the molecule is COC(=O)c1[nH]ncc1CN1CCCC2(C1)C(=O)Nc1ccccc12. The van der Waals surface area contributed by atoms with Gasteiger partial charge in [-0.2, -0.15) is 5.10 Å². The molecule has 1 aromatic carbocycles. The number of esters is 1. The summed E-state index contributed by atoms with van der Waals surface area (Å²) in [6.07, 6.45) is 3.41. The number of likely N-dealkylation sites (tertiary alicyclic amines) is 1. The lowest BCUT2D eigenvalue weighted by atomic mass is 9.75. The molecule has 130 valence electrons. The molecular weight excluding hydrogens is 320 g/mol. The van der Waals surface area contributed by atoms with Crippen LogP contribution >= 0.6 is 0 Å². The molecule has 7 nitrogen and oxygen atoms in total. The summed E-state index contributed by atoms with van der Waals surface area (Å²) in [5.41, 5.74) is 2.64.